The molecule has 138 valence electrons. The molecule has 3 N–H and O–H groups in total. The molecular formula is C20H15N5O2S. The summed E-state index contributed by atoms with van der Waals surface area (Å²) in [5, 5.41) is 17.7. The molecular weight excluding hydrogens is 374 g/mol. The van der Waals surface area contributed by atoms with Gasteiger partial charge in [-0.3, -0.25) is 10.1 Å². The number of benzene rings is 3. The number of nitrogens with one attached hydrogen (secondary N) is 3. The van der Waals surface area contributed by atoms with Crippen molar-refractivity contribution in [1.29, 1.82) is 0 Å². The van der Waals surface area contributed by atoms with E-state index in [1.807, 2.05) is 54.6 Å². The van der Waals surface area contributed by atoms with Crippen LogP contribution in [0.4, 0.5) is 17.1 Å². The molecule has 0 bridgehead atoms. The maximum absolute atomic E-state index is 10.9. The molecule has 0 saturated heterocycles. The number of hydrogen-bond donors (Lipinski definition) is 3. The molecule has 0 radical (unpaired) electrons. The number of nitro groups is 1. The Labute approximate surface area is 165 Å². The lowest BCUT2D eigenvalue weighted by Gasteiger charge is -2.10. The van der Waals surface area contributed by atoms with E-state index in [9.17, 15) is 10.1 Å². The van der Waals surface area contributed by atoms with Crippen LogP contribution in [0.1, 0.15) is 0 Å². The van der Waals surface area contributed by atoms with Gasteiger partial charge in [0.2, 0.25) is 0 Å². The van der Waals surface area contributed by atoms with Crippen molar-refractivity contribution >= 4 is 45.4 Å². The van der Waals surface area contributed by atoms with Crippen molar-refractivity contribution < 1.29 is 4.92 Å². The second-order valence-corrected chi connectivity index (χ2v) is 6.47. The van der Waals surface area contributed by atoms with Crippen LogP contribution in [0.3, 0.4) is 0 Å². The molecule has 28 heavy (non-hydrogen) atoms. The number of imidazole rings is 1. The first-order chi connectivity index (χ1) is 13.6. The number of thiocarbonyl (C=S) groups is 1. The zero-order valence-electron chi connectivity index (χ0n) is 14.5. The summed E-state index contributed by atoms with van der Waals surface area (Å²) in [5.74, 6) is 0.645. The lowest BCUT2D eigenvalue weighted by atomic mass is 10.2. The van der Waals surface area contributed by atoms with Crippen molar-refractivity contribution in [3.8, 4) is 11.4 Å². The summed E-state index contributed by atoms with van der Waals surface area (Å²) >= 11 is 5.33. The number of nitro benzene ring substituents is 1. The standard InChI is InChI=1S/C20H15N5O2S/c26-25(27)16-10-11-17-18(12-16)24-19(23-17)13-6-8-15(9-7-13)22-20(28)21-14-4-2-1-3-5-14/h1-12H,(H,23,24)(H2,21,22,28). The summed E-state index contributed by atoms with van der Waals surface area (Å²) in [6.07, 6.45) is 0. The van der Waals surface area contributed by atoms with Crippen molar-refractivity contribution in [3.63, 3.8) is 0 Å². The average molecular weight is 389 g/mol. The van der Waals surface area contributed by atoms with Gasteiger partial charge in [-0.2, -0.15) is 0 Å². The highest BCUT2D eigenvalue weighted by atomic mass is 32.1. The lowest BCUT2D eigenvalue weighted by molar-refractivity contribution is -0.384. The zero-order chi connectivity index (χ0) is 19.5. The van der Waals surface area contributed by atoms with Crippen LogP contribution in [0, 0.1) is 10.1 Å². The normalized spacial score (nSPS) is 10.6. The summed E-state index contributed by atoms with van der Waals surface area (Å²) in [6.45, 7) is 0. The van der Waals surface area contributed by atoms with Gasteiger partial charge in [-0.1, -0.05) is 18.2 Å². The SMILES string of the molecule is O=[N+]([O-])c1ccc2nc(-c3ccc(NC(=S)Nc4ccccc4)cc3)[nH]c2c1. The van der Waals surface area contributed by atoms with E-state index in [2.05, 4.69) is 20.6 Å². The van der Waals surface area contributed by atoms with E-state index >= 15 is 0 Å². The Hall–Kier alpha value is -3.78. The number of aromatic nitrogens is 2. The number of aromatic amines is 1. The highest BCUT2D eigenvalue weighted by Gasteiger charge is 2.10. The summed E-state index contributed by atoms with van der Waals surface area (Å²) in [4.78, 5) is 18.1. The molecule has 4 rings (SSSR count). The van der Waals surface area contributed by atoms with Gasteiger partial charge >= 0.3 is 0 Å². The van der Waals surface area contributed by atoms with Crippen LogP contribution >= 0.6 is 12.2 Å². The highest BCUT2D eigenvalue weighted by Crippen LogP contribution is 2.24. The van der Waals surface area contributed by atoms with Gasteiger partial charge in [-0.15, -0.1) is 0 Å². The lowest BCUT2D eigenvalue weighted by Crippen LogP contribution is -2.18. The Balaban J connectivity index is 1.49. The van der Waals surface area contributed by atoms with Crippen molar-refractivity contribution in [2.75, 3.05) is 10.6 Å². The molecule has 0 unspecified atom stereocenters. The van der Waals surface area contributed by atoms with Crippen LogP contribution in [0.15, 0.2) is 72.8 Å². The molecule has 8 heteroatoms. The van der Waals surface area contributed by atoms with E-state index in [1.165, 1.54) is 12.1 Å². The first-order valence-electron chi connectivity index (χ1n) is 8.46. The molecule has 0 spiro atoms. The predicted octanol–water partition coefficient (Wildman–Crippen LogP) is 4.95. The van der Waals surface area contributed by atoms with Crippen molar-refractivity contribution in [2.24, 2.45) is 0 Å². The van der Waals surface area contributed by atoms with E-state index in [0.29, 0.717) is 22.0 Å². The van der Waals surface area contributed by atoms with Crippen molar-refractivity contribution in [1.82, 2.24) is 9.97 Å². The molecule has 0 aliphatic rings. The molecule has 0 fully saturated rings. The second-order valence-electron chi connectivity index (χ2n) is 6.07. The van der Waals surface area contributed by atoms with E-state index < -0.39 is 4.92 Å². The monoisotopic (exact) mass is 389 g/mol. The van der Waals surface area contributed by atoms with Crippen LogP contribution in [0.25, 0.3) is 22.4 Å². The number of anilines is 2. The van der Waals surface area contributed by atoms with Gasteiger partial charge in [0.15, 0.2) is 5.11 Å². The largest absolute Gasteiger partial charge is 0.338 e. The summed E-state index contributed by atoms with van der Waals surface area (Å²) in [6, 6.07) is 21.8. The number of non-ortho nitro benzene ring substituents is 1. The molecule has 0 aliphatic heterocycles. The minimum atomic E-state index is -0.424. The Kier molecular flexibility index (Phi) is 4.69. The third-order valence-corrected chi connectivity index (χ3v) is 4.33. The van der Waals surface area contributed by atoms with E-state index in [0.717, 1.165) is 16.9 Å². The first kappa shape index (κ1) is 17.6. The topological polar surface area (TPSA) is 95.9 Å². The summed E-state index contributed by atoms with van der Waals surface area (Å²) < 4.78 is 0. The number of fused-ring (bicyclic) bond motifs is 1. The number of para-hydroxylation sites is 1. The van der Waals surface area contributed by atoms with Gasteiger partial charge < -0.3 is 15.6 Å². The third kappa shape index (κ3) is 3.81. The van der Waals surface area contributed by atoms with Crippen LogP contribution in [-0.2, 0) is 0 Å². The van der Waals surface area contributed by atoms with Crippen molar-refractivity contribution in [2.45, 2.75) is 0 Å². The van der Waals surface area contributed by atoms with Crippen LogP contribution in [0.5, 0.6) is 0 Å². The van der Waals surface area contributed by atoms with Gasteiger partial charge in [-0.05, 0) is 54.7 Å². The number of H-pyrrole nitrogens is 1. The number of nitrogens with zero attached hydrogens (tertiary/aromatic N) is 2. The Morgan fingerprint density at radius 2 is 1.64 bits per heavy atom. The molecule has 3 aromatic carbocycles. The van der Waals surface area contributed by atoms with Crippen LogP contribution < -0.4 is 10.6 Å². The minimum Gasteiger partial charge on any atom is -0.338 e. The van der Waals surface area contributed by atoms with Gasteiger partial charge in [0.05, 0.1) is 16.0 Å². The molecule has 4 aromatic rings. The summed E-state index contributed by atoms with van der Waals surface area (Å²) in [7, 11) is 0. The third-order valence-electron chi connectivity index (χ3n) is 4.12. The fourth-order valence-electron chi connectivity index (χ4n) is 2.77. The van der Waals surface area contributed by atoms with Gasteiger partial charge in [-0.25, -0.2) is 4.98 Å². The van der Waals surface area contributed by atoms with E-state index in [1.54, 1.807) is 6.07 Å². The minimum absolute atomic E-state index is 0.0293. The average Bonchev–Trinajstić information content (AvgIpc) is 3.12. The Morgan fingerprint density at radius 3 is 2.32 bits per heavy atom. The van der Waals surface area contributed by atoms with Crippen molar-refractivity contribution in [3.05, 3.63) is 82.9 Å². The Morgan fingerprint density at radius 1 is 0.964 bits per heavy atom. The molecule has 1 aromatic heterocycles. The number of rotatable bonds is 4. The Bertz CT molecular complexity index is 1160. The molecule has 0 saturated carbocycles. The number of hydrogen-bond acceptors (Lipinski definition) is 4. The smallest absolute Gasteiger partial charge is 0.271 e. The molecule has 1 heterocycles. The van der Waals surface area contributed by atoms with Gasteiger partial charge in [0, 0.05) is 29.1 Å². The molecule has 0 atom stereocenters. The fourth-order valence-corrected chi connectivity index (χ4v) is 3.01. The maximum atomic E-state index is 10.9. The predicted molar refractivity (Wildman–Crippen MR) is 114 cm³/mol. The molecule has 0 aliphatic carbocycles. The maximum Gasteiger partial charge on any atom is 0.271 e. The van der Waals surface area contributed by atoms with E-state index in [4.69, 9.17) is 12.2 Å². The molecule has 0 amide bonds. The summed E-state index contributed by atoms with van der Waals surface area (Å²) in [5.41, 5.74) is 3.95. The second kappa shape index (κ2) is 7.45. The van der Waals surface area contributed by atoms with E-state index in [-0.39, 0.29) is 5.69 Å². The zero-order valence-corrected chi connectivity index (χ0v) is 15.4. The van der Waals surface area contributed by atoms with Crippen LogP contribution in [0.2, 0.25) is 0 Å². The fraction of sp³-hybridized carbons (Fsp3) is 0. The van der Waals surface area contributed by atoms with Gasteiger partial charge in [0.25, 0.3) is 5.69 Å². The first-order valence-corrected chi connectivity index (χ1v) is 8.87. The quantitative estimate of drug-likeness (QED) is 0.260. The van der Waals surface area contributed by atoms with Crippen LogP contribution in [-0.4, -0.2) is 20.0 Å². The molecule has 7 nitrogen and oxygen atoms in total. The highest BCUT2D eigenvalue weighted by molar-refractivity contribution is 7.80. The van der Waals surface area contributed by atoms with Gasteiger partial charge in [0.1, 0.15) is 5.82 Å².